The van der Waals surface area contributed by atoms with Crippen LogP contribution in [0.2, 0.25) is 0 Å². The van der Waals surface area contributed by atoms with Crippen LogP contribution in [-0.4, -0.2) is 42.1 Å². The van der Waals surface area contributed by atoms with Gasteiger partial charge in [0.15, 0.2) is 11.6 Å². The van der Waals surface area contributed by atoms with Crippen LogP contribution < -0.4 is 4.90 Å². The fraction of sp³-hybridized carbons (Fsp3) is 0.643. The molecule has 1 aromatic heterocycles. The van der Waals surface area contributed by atoms with Gasteiger partial charge in [-0.3, -0.25) is 0 Å². The van der Waals surface area contributed by atoms with E-state index in [1.165, 1.54) is 32.0 Å². The van der Waals surface area contributed by atoms with Crippen LogP contribution in [0.4, 0.5) is 10.2 Å². The van der Waals surface area contributed by atoms with E-state index in [4.69, 9.17) is 0 Å². The van der Waals surface area contributed by atoms with Gasteiger partial charge in [0.2, 0.25) is 0 Å². The number of anilines is 1. The van der Waals surface area contributed by atoms with E-state index in [2.05, 4.69) is 30.7 Å². The van der Waals surface area contributed by atoms with E-state index < -0.39 is 0 Å². The maximum atomic E-state index is 13.9. The third-order valence-corrected chi connectivity index (χ3v) is 4.64. The first-order valence-electron chi connectivity index (χ1n) is 7.04. The minimum atomic E-state index is -0.228. The minimum Gasteiger partial charge on any atom is -0.354 e. The number of aromatic nitrogens is 1. The Morgan fingerprint density at radius 2 is 1.84 bits per heavy atom. The Hall–Kier alpha value is -0.680. The summed E-state index contributed by atoms with van der Waals surface area (Å²) in [4.78, 5) is 8.89. The van der Waals surface area contributed by atoms with Crippen LogP contribution in [0.3, 0.4) is 0 Å². The highest BCUT2D eigenvalue weighted by Crippen LogP contribution is 2.26. The molecule has 0 N–H and O–H groups in total. The lowest BCUT2D eigenvalue weighted by Crippen LogP contribution is -2.44. The van der Waals surface area contributed by atoms with Gasteiger partial charge in [-0.25, -0.2) is 9.37 Å². The molecule has 3 rings (SSSR count). The fourth-order valence-electron chi connectivity index (χ4n) is 3.19. The summed E-state index contributed by atoms with van der Waals surface area (Å²) in [6, 6.07) is 2.19. The molecule has 19 heavy (non-hydrogen) atoms. The Balaban J connectivity index is 1.63. The standard InChI is InChI=1S/C14H19BrFN3/c15-11-9-13(16)14(17-10-11)19-7-3-12(4-8-19)18-5-1-2-6-18/h9-10,12H,1-8H2. The highest BCUT2D eigenvalue weighted by Gasteiger charge is 2.27. The van der Waals surface area contributed by atoms with Gasteiger partial charge in [0.25, 0.3) is 0 Å². The monoisotopic (exact) mass is 327 g/mol. The molecule has 0 saturated carbocycles. The van der Waals surface area contributed by atoms with E-state index in [1.807, 2.05) is 0 Å². The number of pyridine rings is 1. The van der Waals surface area contributed by atoms with Crippen LogP contribution in [0, 0.1) is 5.82 Å². The number of piperidine rings is 1. The van der Waals surface area contributed by atoms with Crippen LogP contribution in [-0.2, 0) is 0 Å². The van der Waals surface area contributed by atoms with Crippen molar-refractivity contribution in [3.05, 3.63) is 22.6 Å². The van der Waals surface area contributed by atoms with Crippen molar-refractivity contribution in [3.63, 3.8) is 0 Å². The molecule has 0 aromatic carbocycles. The van der Waals surface area contributed by atoms with Gasteiger partial charge in [0, 0.05) is 29.8 Å². The molecular formula is C14H19BrFN3. The molecule has 2 saturated heterocycles. The van der Waals surface area contributed by atoms with Crippen molar-refractivity contribution in [2.45, 2.75) is 31.7 Å². The van der Waals surface area contributed by atoms with Crippen LogP contribution >= 0.6 is 15.9 Å². The van der Waals surface area contributed by atoms with Gasteiger partial charge in [-0.15, -0.1) is 0 Å². The lowest BCUT2D eigenvalue weighted by molar-refractivity contribution is 0.207. The van der Waals surface area contributed by atoms with Crippen molar-refractivity contribution in [2.24, 2.45) is 0 Å². The first kappa shape index (κ1) is 13.3. The zero-order chi connectivity index (χ0) is 13.2. The summed E-state index contributed by atoms with van der Waals surface area (Å²) in [5.74, 6) is 0.275. The Kier molecular flexibility index (Phi) is 4.03. The summed E-state index contributed by atoms with van der Waals surface area (Å²) in [6.07, 6.45) is 6.59. The average molecular weight is 328 g/mol. The number of hydrogen-bond donors (Lipinski definition) is 0. The Bertz CT molecular complexity index is 440. The van der Waals surface area contributed by atoms with Gasteiger partial charge >= 0.3 is 0 Å². The van der Waals surface area contributed by atoms with Gasteiger partial charge in [-0.2, -0.15) is 0 Å². The van der Waals surface area contributed by atoms with Crippen LogP contribution in [0.1, 0.15) is 25.7 Å². The molecule has 104 valence electrons. The first-order chi connectivity index (χ1) is 9.24. The van der Waals surface area contributed by atoms with Gasteiger partial charge in [-0.1, -0.05) is 0 Å². The van der Waals surface area contributed by atoms with Crippen molar-refractivity contribution in [3.8, 4) is 0 Å². The van der Waals surface area contributed by atoms with E-state index in [-0.39, 0.29) is 5.82 Å². The molecule has 5 heteroatoms. The van der Waals surface area contributed by atoms with E-state index in [0.717, 1.165) is 25.9 Å². The van der Waals surface area contributed by atoms with E-state index in [1.54, 1.807) is 6.20 Å². The molecule has 2 aliphatic rings. The van der Waals surface area contributed by atoms with E-state index in [9.17, 15) is 4.39 Å². The SMILES string of the molecule is Fc1cc(Br)cnc1N1CCC(N2CCCC2)CC1. The lowest BCUT2D eigenvalue weighted by Gasteiger charge is -2.37. The maximum Gasteiger partial charge on any atom is 0.166 e. The number of nitrogens with zero attached hydrogens (tertiary/aromatic N) is 3. The highest BCUT2D eigenvalue weighted by molar-refractivity contribution is 9.10. The second-order valence-corrected chi connectivity index (χ2v) is 6.34. The van der Waals surface area contributed by atoms with Crippen molar-refractivity contribution in [2.75, 3.05) is 31.1 Å². The molecule has 2 fully saturated rings. The molecule has 0 amide bonds. The molecule has 3 heterocycles. The predicted octanol–water partition coefficient (Wildman–Crippen LogP) is 3.05. The van der Waals surface area contributed by atoms with Crippen LogP contribution in [0.5, 0.6) is 0 Å². The molecule has 0 unspecified atom stereocenters. The summed E-state index contributed by atoms with van der Waals surface area (Å²) in [7, 11) is 0. The van der Waals surface area contributed by atoms with Gasteiger partial charge < -0.3 is 9.80 Å². The molecule has 0 bridgehead atoms. The largest absolute Gasteiger partial charge is 0.354 e. The van der Waals surface area contributed by atoms with Gasteiger partial charge in [0.1, 0.15) is 0 Å². The zero-order valence-electron chi connectivity index (χ0n) is 11.0. The second-order valence-electron chi connectivity index (χ2n) is 5.42. The fourth-order valence-corrected chi connectivity index (χ4v) is 3.49. The molecule has 0 radical (unpaired) electrons. The number of likely N-dealkylation sites (tertiary alicyclic amines) is 1. The van der Waals surface area contributed by atoms with Crippen LogP contribution in [0.15, 0.2) is 16.7 Å². The topological polar surface area (TPSA) is 19.4 Å². The normalized spacial score (nSPS) is 22.1. The third kappa shape index (κ3) is 2.92. The molecule has 0 spiro atoms. The van der Waals surface area contributed by atoms with Crippen LogP contribution in [0.25, 0.3) is 0 Å². The zero-order valence-corrected chi connectivity index (χ0v) is 12.6. The average Bonchev–Trinajstić information content (AvgIpc) is 2.93. The molecule has 3 nitrogen and oxygen atoms in total. The van der Waals surface area contributed by atoms with Gasteiger partial charge in [-0.05, 0) is 60.8 Å². The molecule has 0 atom stereocenters. The highest BCUT2D eigenvalue weighted by atomic mass is 79.9. The summed E-state index contributed by atoms with van der Waals surface area (Å²) >= 11 is 3.25. The summed E-state index contributed by atoms with van der Waals surface area (Å²) in [5, 5.41) is 0. The number of rotatable bonds is 2. The van der Waals surface area contributed by atoms with Crippen molar-refractivity contribution in [1.82, 2.24) is 9.88 Å². The molecule has 1 aromatic rings. The summed E-state index contributed by atoms with van der Waals surface area (Å²) in [6.45, 7) is 4.31. The van der Waals surface area contributed by atoms with E-state index in [0.29, 0.717) is 16.3 Å². The Labute approximate surface area is 121 Å². The third-order valence-electron chi connectivity index (χ3n) is 4.21. The first-order valence-corrected chi connectivity index (χ1v) is 7.83. The van der Waals surface area contributed by atoms with Gasteiger partial charge in [0.05, 0.1) is 0 Å². The predicted molar refractivity (Wildman–Crippen MR) is 77.9 cm³/mol. The number of hydrogen-bond acceptors (Lipinski definition) is 3. The smallest absolute Gasteiger partial charge is 0.166 e. The maximum absolute atomic E-state index is 13.9. The van der Waals surface area contributed by atoms with E-state index >= 15 is 0 Å². The van der Waals surface area contributed by atoms with Crippen molar-refractivity contribution >= 4 is 21.7 Å². The van der Waals surface area contributed by atoms with Crippen molar-refractivity contribution < 1.29 is 4.39 Å². The number of halogens is 2. The molecular weight excluding hydrogens is 309 g/mol. The minimum absolute atomic E-state index is 0.228. The second kappa shape index (κ2) is 5.75. The summed E-state index contributed by atoms with van der Waals surface area (Å²) in [5.41, 5.74) is 0. The Morgan fingerprint density at radius 1 is 1.16 bits per heavy atom. The Morgan fingerprint density at radius 3 is 2.47 bits per heavy atom. The molecule has 2 aliphatic heterocycles. The lowest BCUT2D eigenvalue weighted by atomic mass is 10.0. The van der Waals surface area contributed by atoms with Crippen molar-refractivity contribution in [1.29, 1.82) is 0 Å². The summed E-state index contributed by atoms with van der Waals surface area (Å²) < 4.78 is 14.6. The quantitative estimate of drug-likeness (QED) is 0.832. The molecule has 0 aliphatic carbocycles.